The number of sulfone groups is 1. The second-order valence-corrected chi connectivity index (χ2v) is 15.6. The fraction of sp³-hybridized carbons (Fsp3) is 0.588. The normalized spacial score (nSPS) is 19.9. The third-order valence-electron chi connectivity index (χ3n) is 8.97. The standard InChI is InChI=1S/C34H48N6O6S/c1-23(2)22-28(35)33(42)46-26-13-17-39(18-14-26)32(41)24-8-10-25(11-9-24)37-34-36-16-12-31(38-34)40-19-15-27-29(40)6-4-7-30(27)45-20-5-21-47(3,43)44/h4,6-7,12,15-16,19,23-26,28H,5,8-11,13-14,17-18,20-22,35H2,1-3H3,(H,36,37,38)/t24?,25?,28-/m1/s1. The summed E-state index contributed by atoms with van der Waals surface area (Å²) in [5.74, 6) is 2.22. The summed E-state index contributed by atoms with van der Waals surface area (Å²) in [5.41, 5.74) is 6.90. The van der Waals surface area contributed by atoms with Crippen molar-refractivity contribution in [3.05, 3.63) is 42.7 Å². The van der Waals surface area contributed by atoms with Crippen molar-refractivity contribution in [3.63, 3.8) is 0 Å². The van der Waals surface area contributed by atoms with Crippen LogP contribution in [0.25, 0.3) is 16.7 Å². The maximum Gasteiger partial charge on any atom is 0.323 e. The van der Waals surface area contributed by atoms with Gasteiger partial charge in [-0.3, -0.25) is 9.59 Å². The number of carbonyl (C=O) groups excluding carboxylic acids is 2. The summed E-state index contributed by atoms with van der Waals surface area (Å²) in [7, 11) is -3.03. The molecule has 1 amide bonds. The number of likely N-dealkylation sites (tertiary alicyclic amines) is 1. The second kappa shape index (κ2) is 15.5. The van der Waals surface area contributed by atoms with E-state index in [0.29, 0.717) is 68.8 Å². The van der Waals surface area contributed by atoms with E-state index in [4.69, 9.17) is 20.2 Å². The van der Waals surface area contributed by atoms with Gasteiger partial charge in [0.15, 0.2) is 0 Å². The average molecular weight is 669 g/mol. The van der Waals surface area contributed by atoms with Crippen LogP contribution >= 0.6 is 0 Å². The van der Waals surface area contributed by atoms with Gasteiger partial charge in [-0.1, -0.05) is 19.9 Å². The number of esters is 1. The number of aromatic nitrogens is 3. The third kappa shape index (κ3) is 9.44. The minimum absolute atomic E-state index is 0.00658. The Morgan fingerprint density at radius 3 is 2.51 bits per heavy atom. The first-order chi connectivity index (χ1) is 22.5. The summed E-state index contributed by atoms with van der Waals surface area (Å²) in [6, 6.07) is 9.17. The monoisotopic (exact) mass is 668 g/mol. The Morgan fingerprint density at radius 1 is 1.06 bits per heavy atom. The Kier molecular flexibility index (Phi) is 11.4. The highest BCUT2D eigenvalue weighted by Gasteiger charge is 2.33. The number of nitrogens with two attached hydrogens (primary N) is 1. The lowest BCUT2D eigenvalue weighted by Gasteiger charge is -2.36. The molecule has 5 rings (SSSR count). The summed E-state index contributed by atoms with van der Waals surface area (Å²) in [4.78, 5) is 36.8. The van der Waals surface area contributed by atoms with Gasteiger partial charge < -0.3 is 30.0 Å². The van der Waals surface area contributed by atoms with Crippen molar-refractivity contribution in [2.45, 2.75) is 83.4 Å². The molecule has 3 aromatic rings. The first-order valence-electron chi connectivity index (χ1n) is 16.7. The number of hydrogen-bond donors (Lipinski definition) is 2. The van der Waals surface area contributed by atoms with E-state index in [9.17, 15) is 18.0 Å². The van der Waals surface area contributed by atoms with Gasteiger partial charge in [0.1, 0.15) is 33.6 Å². The molecule has 0 spiro atoms. The molecular weight excluding hydrogens is 620 g/mol. The van der Waals surface area contributed by atoms with Gasteiger partial charge in [0.05, 0.1) is 17.9 Å². The molecule has 3 heterocycles. The molecule has 2 aromatic heterocycles. The van der Waals surface area contributed by atoms with Crippen molar-refractivity contribution in [2.24, 2.45) is 17.6 Å². The molecule has 13 heteroatoms. The third-order valence-corrected chi connectivity index (χ3v) is 10.0. The van der Waals surface area contributed by atoms with Crippen molar-refractivity contribution >= 4 is 38.6 Å². The lowest BCUT2D eigenvalue weighted by atomic mass is 9.85. The van der Waals surface area contributed by atoms with Gasteiger partial charge in [-0.15, -0.1) is 0 Å². The molecule has 3 N–H and O–H groups in total. The number of anilines is 1. The number of amides is 1. The van der Waals surface area contributed by atoms with Crippen LogP contribution in [0.2, 0.25) is 0 Å². The number of rotatable bonds is 13. The fourth-order valence-corrected chi connectivity index (χ4v) is 7.14. The topological polar surface area (TPSA) is 159 Å². The lowest BCUT2D eigenvalue weighted by molar-refractivity contribution is -0.154. The Morgan fingerprint density at radius 2 is 1.81 bits per heavy atom. The predicted molar refractivity (Wildman–Crippen MR) is 181 cm³/mol. The molecule has 2 aliphatic rings. The average Bonchev–Trinajstić information content (AvgIpc) is 3.48. The van der Waals surface area contributed by atoms with Gasteiger partial charge in [-0.05, 0) is 68.7 Å². The number of nitrogens with one attached hydrogen (secondary N) is 1. The SMILES string of the molecule is CC(C)C[C@@H](N)C(=O)OC1CCN(C(=O)C2CCC(Nc3nccc(-n4ccc5c(OCCCS(C)(=O)=O)cccc54)n3)CC2)CC1. The van der Waals surface area contributed by atoms with E-state index in [2.05, 4.69) is 10.3 Å². The van der Waals surface area contributed by atoms with E-state index in [1.54, 1.807) is 6.20 Å². The van der Waals surface area contributed by atoms with Gasteiger partial charge in [0, 0.05) is 61.9 Å². The number of carbonyl (C=O) groups is 2. The van der Waals surface area contributed by atoms with Gasteiger partial charge in [0.2, 0.25) is 11.9 Å². The van der Waals surface area contributed by atoms with Crippen molar-refractivity contribution in [1.29, 1.82) is 0 Å². The molecule has 0 unspecified atom stereocenters. The molecular formula is C34H48N6O6S. The number of piperidine rings is 1. The highest BCUT2D eigenvalue weighted by atomic mass is 32.2. The number of fused-ring (bicyclic) bond motifs is 1. The molecule has 0 bridgehead atoms. The molecule has 0 radical (unpaired) electrons. The van der Waals surface area contributed by atoms with E-state index in [1.165, 1.54) is 6.26 Å². The molecule has 1 saturated heterocycles. The quantitative estimate of drug-likeness (QED) is 0.201. The maximum absolute atomic E-state index is 13.3. The number of ether oxygens (including phenoxy) is 2. The van der Waals surface area contributed by atoms with Crippen LogP contribution in [0.4, 0.5) is 5.95 Å². The van der Waals surface area contributed by atoms with Crippen LogP contribution in [0.1, 0.15) is 65.2 Å². The Balaban J connectivity index is 1.10. The van der Waals surface area contributed by atoms with Crippen LogP contribution in [-0.2, 0) is 24.2 Å². The minimum Gasteiger partial charge on any atom is -0.493 e. The van der Waals surface area contributed by atoms with Crippen molar-refractivity contribution in [3.8, 4) is 11.6 Å². The molecule has 1 aromatic carbocycles. The highest BCUT2D eigenvalue weighted by Crippen LogP contribution is 2.31. The summed E-state index contributed by atoms with van der Waals surface area (Å²) >= 11 is 0. The zero-order valence-electron chi connectivity index (χ0n) is 27.6. The predicted octanol–water partition coefficient (Wildman–Crippen LogP) is 4.11. The van der Waals surface area contributed by atoms with E-state index in [-0.39, 0.29) is 35.7 Å². The number of nitrogens with zero attached hydrogens (tertiary/aromatic N) is 4. The van der Waals surface area contributed by atoms with Gasteiger partial charge >= 0.3 is 5.97 Å². The Labute approximate surface area is 277 Å². The van der Waals surface area contributed by atoms with Crippen LogP contribution in [0.15, 0.2) is 42.7 Å². The molecule has 1 aliphatic heterocycles. The van der Waals surface area contributed by atoms with Crippen LogP contribution in [0.5, 0.6) is 5.75 Å². The molecule has 1 saturated carbocycles. The van der Waals surface area contributed by atoms with Crippen LogP contribution in [-0.4, -0.2) is 89.6 Å². The Bertz CT molecular complexity index is 1630. The summed E-state index contributed by atoms with van der Waals surface area (Å²) in [6.07, 6.45) is 10.3. The molecule has 256 valence electrons. The highest BCUT2D eigenvalue weighted by molar-refractivity contribution is 7.90. The van der Waals surface area contributed by atoms with E-state index in [0.717, 1.165) is 36.6 Å². The van der Waals surface area contributed by atoms with Crippen LogP contribution in [0.3, 0.4) is 0 Å². The smallest absolute Gasteiger partial charge is 0.323 e. The van der Waals surface area contributed by atoms with Crippen molar-refractivity contribution < 1.29 is 27.5 Å². The van der Waals surface area contributed by atoms with E-state index >= 15 is 0 Å². The lowest BCUT2D eigenvalue weighted by Crippen LogP contribution is -2.46. The minimum atomic E-state index is -3.03. The summed E-state index contributed by atoms with van der Waals surface area (Å²) in [6.45, 7) is 5.57. The molecule has 1 aliphatic carbocycles. The number of hydrogen-bond acceptors (Lipinski definition) is 10. The van der Waals surface area contributed by atoms with Gasteiger partial charge in [0.25, 0.3) is 0 Å². The first-order valence-corrected chi connectivity index (χ1v) is 18.8. The molecule has 2 fully saturated rings. The van der Waals surface area contributed by atoms with Crippen LogP contribution in [0, 0.1) is 11.8 Å². The summed E-state index contributed by atoms with van der Waals surface area (Å²) < 4.78 is 36.4. The molecule has 47 heavy (non-hydrogen) atoms. The van der Waals surface area contributed by atoms with Gasteiger partial charge in [-0.25, -0.2) is 13.4 Å². The number of benzene rings is 1. The van der Waals surface area contributed by atoms with Crippen molar-refractivity contribution in [1.82, 2.24) is 19.4 Å². The molecule has 1 atom stereocenters. The van der Waals surface area contributed by atoms with E-state index < -0.39 is 15.9 Å². The zero-order valence-corrected chi connectivity index (χ0v) is 28.5. The summed E-state index contributed by atoms with van der Waals surface area (Å²) in [5, 5.41) is 4.40. The second-order valence-electron chi connectivity index (χ2n) is 13.3. The van der Waals surface area contributed by atoms with Gasteiger partial charge in [-0.2, -0.15) is 4.98 Å². The largest absolute Gasteiger partial charge is 0.493 e. The molecule has 12 nitrogen and oxygen atoms in total. The maximum atomic E-state index is 13.3. The zero-order chi connectivity index (χ0) is 33.6. The first kappa shape index (κ1) is 34.6. The van der Waals surface area contributed by atoms with Crippen LogP contribution < -0.4 is 15.8 Å². The Hall–Kier alpha value is -3.71. The van der Waals surface area contributed by atoms with E-state index in [1.807, 2.05) is 59.8 Å². The fourth-order valence-electron chi connectivity index (χ4n) is 6.50. The van der Waals surface area contributed by atoms with Crippen molar-refractivity contribution in [2.75, 3.05) is 37.0 Å².